The SMILES string of the molecule is Cc1ccc(-c2ccc(C3CCC(C)CC3)cc2C)cc1C. The van der Waals surface area contributed by atoms with Gasteiger partial charge in [-0.3, -0.25) is 0 Å². The van der Waals surface area contributed by atoms with Crippen molar-refractivity contribution < 1.29 is 0 Å². The maximum Gasteiger partial charge on any atom is -0.0154 e. The summed E-state index contributed by atoms with van der Waals surface area (Å²) >= 11 is 0. The molecule has 1 aliphatic rings. The van der Waals surface area contributed by atoms with Gasteiger partial charge in [-0.05, 0) is 78.8 Å². The van der Waals surface area contributed by atoms with E-state index in [1.807, 2.05) is 0 Å². The lowest BCUT2D eigenvalue weighted by atomic mass is 9.79. The van der Waals surface area contributed by atoms with Crippen LogP contribution < -0.4 is 0 Å². The Morgan fingerprint density at radius 3 is 2.09 bits per heavy atom. The Labute approximate surface area is 135 Å². The van der Waals surface area contributed by atoms with Gasteiger partial charge in [0.2, 0.25) is 0 Å². The largest absolute Gasteiger partial charge is 0.0625 e. The van der Waals surface area contributed by atoms with E-state index < -0.39 is 0 Å². The number of hydrogen-bond donors (Lipinski definition) is 0. The van der Waals surface area contributed by atoms with Crippen molar-refractivity contribution in [2.45, 2.75) is 59.3 Å². The van der Waals surface area contributed by atoms with Gasteiger partial charge in [-0.2, -0.15) is 0 Å². The highest BCUT2D eigenvalue weighted by molar-refractivity contribution is 5.68. The summed E-state index contributed by atoms with van der Waals surface area (Å²) in [6, 6.07) is 14.0. The number of hydrogen-bond acceptors (Lipinski definition) is 0. The third kappa shape index (κ3) is 3.11. The van der Waals surface area contributed by atoms with E-state index in [1.165, 1.54) is 53.5 Å². The summed E-state index contributed by atoms with van der Waals surface area (Å²) in [6.07, 6.45) is 5.51. The molecule has 0 aromatic heterocycles. The number of aryl methyl sites for hydroxylation is 3. The van der Waals surface area contributed by atoms with Crippen molar-refractivity contribution in [1.29, 1.82) is 0 Å². The summed E-state index contributed by atoms with van der Waals surface area (Å²) in [5, 5.41) is 0. The smallest absolute Gasteiger partial charge is 0.0154 e. The maximum absolute atomic E-state index is 2.44. The Morgan fingerprint density at radius 2 is 1.45 bits per heavy atom. The summed E-state index contributed by atoms with van der Waals surface area (Å²) in [7, 11) is 0. The van der Waals surface area contributed by atoms with Crippen molar-refractivity contribution in [3.8, 4) is 11.1 Å². The van der Waals surface area contributed by atoms with Crippen molar-refractivity contribution in [1.82, 2.24) is 0 Å². The summed E-state index contributed by atoms with van der Waals surface area (Å²) in [5.41, 5.74) is 8.45. The topological polar surface area (TPSA) is 0 Å². The summed E-state index contributed by atoms with van der Waals surface area (Å²) < 4.78 is 0. The highest BCUT2D eigenvalue weighted by atomic mass is 14.2. The first-order chi connectivity index (χ1) is 10.5. The molecule has 3 rings (SSSR count). The van der Waals surface area contributed by atoms with Gasteiger partial charge in [0, 0.05) is 0 Å². The van der Waals surface area contributed by atoms with Gasteiger partial charge >= 0.3 is 0 Å². The predicted molar refractivity (Wildman–Crippen MR) is 96.5 cm³/mol. The van der Waals surface area contributed by atoms with Gasteiger partial charge in [-0.1, -0.05) is 56.2 Å². The van der Waals surface area contributed by atoms with E-state index in [0.29, 0.717) is 0 Å². The Kier molecular flexibility index (Phi) is 4.38. The van der Waals surface area contributed by atoms with Crippen molar-refractivity contribution >= 4 is 0 Å². The van der Waals surface area contributed by atoms with E-state index in [1.54, 1.807) is 5.56 Å². The molecule has 116 valence electrons. The lowest BCUT2D eigenvalue weighted by Gasteiger charge is -2.27. The molecule has 0 N–H and O–H groups in total. The summed E-state index contributed by atoms with van der Waals surface area (Å²) in [4.78, 5) is 0. The average Bonchev–Trinajstić information content (AvgIpc) is 2.51. The first-order valence-electron chi connectivity index (χ1n) is 8.73. The van der Waals surface area contributed by atoms with Gasteiger partial charge in [0.15, 0.2) is 0 Å². The van der Waals surface area contributed by atoms with Gasteiger partial charge in [0.1, 0.15) is 0 Å². The molecule has 1 saturated carbocycles. The predicted octanol–water partition coefficient (Wildman–Crippen LogP) is 6.57. The zero-order valence-corrected chi connectivity index (χ0v) is 14.4. The summed E-state index contributed by atoms with van der Waals surface area (Å²) in [6.45, 7) is 9.04. The molecule has 0 bridgehead atoms. The fourth-order valence-electron chi connectivity index (χ4n) is 3.77. The van der Waals surface area contributed by atoms with Gasteiger partial charge in [0.25, 0.3) is 0 Å². The molecule has 0 aliphatic heterocycles. The molecule has 2 aromatic rings. The third-order valence-electron chi connectivity index (χ3n) is 5.56. The summed E-state index contributed by atoms with van der Waals surface area (Å²) in [5.74, 6) is 1.70. The Bertz CT molecular complexity index is 658. The van der Waals surface area contributed by atoms with Gasteiger partial charge in [-0.25, -0.2) is 0 Å². The monoisotopic (exact) mass is 292 g/mol. The van der Waals surface area contributed by atoms with Crippen LogP contribution in [0.15, 0.2) is 36.4 Å². The highest BCUT2D eigenvalue weighted by Gasteiger charge is 2.20. The van der Waals surface area contributed by atoms with E-state index in [9.17, 15) is 0 Å². The zero-order valence-electron chi connectivity index (χ0n) is 14.4. The molecular formula is C22H28. The van der Waals surface area contributed by atoms with Crippen LogP contribution in [-0.4, -0.2) is 0 Å². The van der Waals surface area contributed by atoms with Crippen LogP contribution in [-0.2, 0) is 0 Å². The standard InChI is InChI=1S/C22H28/c1-15-5-8-19(9-6-15)20-11-12-22(18(4)14-20)21-10-7-16(2)17(3)13-21/h7,10-15,19H,5-6,8-9H2,1-4H3. The Balaban J connectivity index is 1.87. The van der Waals surface area contributed by atoms with E-state index in [-0.39, 0.29) is 0 Å². The molecule has 22 heavy (non-hydrogen) atoms. The van der Waals surface area contributed by atoms with Crippen LogP contribution in [0.5, 0.6) is 0 Å². The van der Waals surface area contributed by atoms with E-state index in [4.69, 9.17) is 0 Å². The molecule has 0 amide bonds. The molecule has 1 aliphatic carbocycles. The normalized spacial score (nSPS) is 21.8. The highest BCUT2D eigenvalue weighted by Crippen LogP contribution is 2.37. The molecule has 0 nitrogen and oxygen atoms in total. The molecular weight excluding hydrogens is 264 g/mol. The van der Waals surface area contributed by atoms with E-state index in [0.717, 1.165) is 11.8 Å². The Morgan fingerprint density at radius 1 is 0.727 bits per heavy atom. The second-order valence-corrected chi connectivity index (χ2v) is 7.33. The van der Waals surface area contributed by atoms with Crippen molar-refractivity contribution in [2.24, 2.45) is 5.92 Å². The molecule has 1 fully saturated rings. The van der Waals surface area contributed by atoms with Crippen LogP contribution in [0, 0.1) is 26.7 Å². The molecule has 0 heteroatoms. The molecule has 0 saturated heterocycles. The number of benzene rings is 2. The second-order valence-electron chi connectivity index (χ2n) is 7.33. The zero-order chi connectivity index (χ0) is 15.7. The maximum atomic E-state index is 2.44. The van der Waals surface area contributed by atoms with Crippen LogP contribution >= 0.6 is 0 Å². The van der Waals surface area contributed by atoms with Gasteiger partial charge in [-0.15, -0.1) is 0 Å². The molecule has 0 radical (unpaired) electrons. The molecule has 0 heterocycles. The van der Waals surface area contributed by atoms with Crippen LogP contribution in [0.2, 0.25) is 0 Å². The van der Waals surface area contributed by atoms with Gasteiger partial charge in [0.05, 0.1) is 0 Å². The minimum absolute atomic E-state index is 0.781. The lowest BCUT2D eigenvalue weighted by Crippen LogP contribution is -2.10. The minimum Gasteiger partial charge on any atom is -0.0625 e. The third-order valence-corrected chi connectivity index (χ3v) is 5.56. The average molecular weight is 292 g/mol. The fraction of sp³-hybridized carbons (Fsp3) is 0.455. The quantitative estimate of drug-likeness (QED) is 0.587. The first kappa shape index (κ1) is 15.3. The van der Waals surface area contributed by atoms with E-state index in [2.05, 4.69) is 64.1 Å². The van der Waals surface area contributed by atoms with Crippen molar-refractivity contribution in [3.05, 3.63) is 58.7 Å². The van der Waals surface area contributed by atoms with Crippen molar-refractivity contribution in [2.75, 3.05) is 0 Å². The second kappa shape index (κ2) is 6.28. The number of rotatable bonds is 2. The van der Waals surface area contributed by atoms with Crippen LogP contribution in [0.1, 0.15) is 60.8 Å². The van der Waals surface area contributed by atoms with Crippen LogP contribution in [0.4, 0.5) is 0 Å². The van der Waals surface area contributed by atoms with Crippen LogP contribution in [0.3, 0.4) is 0 Å². The molecule has 0 unspecified atom stereocenters. The first-order valence-corrected chi connectivity index (χ1v) is 8.73. The molecule has 2 aromatic carbocycles. The Hall–Kier alpha value is -1.56. The minimum atomic E-state index is 0.781. The molecule has 0 atom stereocenters. The van der Waals surface area contributed by atoms with Crippen LogP contribution in [0.25, 0.3) is 11.1 Å². The van der Waals surface area contributed by atoms with E-state index >= 15 is 0 Å². The van der Waals surface area contributed by atoms with Gasteiger partial charge < -0.3 is 0 Å². The fourth-order valence-corrected chi connectivity index (χ4v) is 3.77. The van der Waals surface area contributed by atoms with Crippen molar-refractivity contribution in [3.63, 3.8) is 0 Å². The molecule has 0 spiro atoms. The lowest BCUT2D eigenvalue weighted by molar-refractivity contribution is 0.348.